The second-order valence-corrected chi connectivity index (χ2v) is 24.9. The zero-order chi connectivity index (χ0) is 58.5. The van der Waals surface area contributed by atoms with Gasteiger partial charge < -0.3 is 14.2 Å². The van der Waals surface area contributed by atoms with Gasteiger partial charge in [0, 0.05) is 19.3 Å². The standard InChI is InChI=1S/C75H140O6/c1-4-7-10-13-16-19-22-24-26-28-30-32-34-35-36-37-38-39-40-41-42-44-45-47-49-51-53-56-59-62-65-68-74(77)80-71-72(70-79-73(76)67-64-61-58-55-21-18-15-12-9-6-3)81-75(78)69-66-63-60-57-54-52-50-48-46-43-33-31-29-27-25-23-20-17-14-11-8-5-2/h22,24,28,30,34-35,72H,4-21,23,25-27,29,31-33,36-71H2,1-3H3/b24-22-,30-28-,35-34-. The van der Waals surface area contributed by atoms with Crippen molar-refractivity contribution in [2.75, 3.05) is 13.2 Å². The molecule has 0 saturated carbocycles. The molecule has 0 radical (unpaired) electrons. The summed E-state index contributed by atoms with van der Waals surface area (Å²) >= 11 is 0. The van der Waals surface area contributed by atoms with Crippen LogP contribution < -0.4 is 0 Å². The van der Waals surface area contributed by atoms with Crippen LogP contribution in [0, 0.1) is 0 Å². The van der Waals surface area contributed by atoms with E-state index >= 15 is 0 Å². The highest BCUT2D eigenvalue weighted by molar-refractivity contribution is 5.71. The Morgan fingerprint density at radius 3 is 0.691 bits per heavy atom. The fourth-order valence-electron chi connectivity index (χ4n) is 11.2. The van der Waals surface area contributed by atoms with Crippen molar-refractivity contribution in [1.82, 2.24) is 0 Å². The van der Waals surface area contributed by atoms with Gasteiger partial charge in [-0.1, -0.05) is 365 Å². The molecule has 0 aliphatic carbocycles. The zero-order valence-corrected chi connectivity index (χ0v) is 54.8. The molecule has 0 N–H and O–H groups in total. The second-order valence-electron chi connectivity index (χ2n) is 24.9. The molecule has 0 heterocycles. The number of hydrogen-bond acceptors (Lipinski definition) is 6. The van der Waals surface area contributed by atoms with Gasteiger partial charge in [-0.3, -0.25) is 14.4 Å². The van der Waals surface area contributed by atoms with Crippen LogP contribution in [0.3, 0.4) is 0 Å². The van der Waals surface area contributed by atoms with E-state index in [1.807, 2.05) is 0 Å². The van der Waals surface area contributed by atoms with Crippen molar-refractivity contribution >= 4 is 17.9 Å². The van der Waals surface area contributed by atoms with Crippen molar-refractivity contribution in [3.05, 3.63) is 36.5 Å². The van der Waals surface area contributed by atoms with Crippen molar-refractivity contribution in [2.45, 2.75) is 412 Å². The van der Waals surface area contributed by atoms with Crippen LogP contribution in [0.5, 0.6) is 0 Å². The molecule has 0 bridgehead atoms. The first-order valence-corrected chi connectivity index (χ1v) is 36.5. The molecule has 0 rings (SSSR count). The summed E-state index contributed by atoms with van der Waals surface area (Å²) in [6.45, 7) is 6.69. The predicted molar refractivity (Wildman–Crippen MR) is 353 cm³/mol. The summed E-state index contributed by atoms with van der Waals surface area (Å²) in [5.74, 6) is -0.835. The molecule has 0 amide bonds. The number of hydrogen-bond donors (Lipinski definition) is 0. The second kappa shape index (κ2) is 70.1. The molecule has 0 fully saturated rings. The Morgan fingerprint density at radius 1 is 0.247 bits per heavy atom. The number of allylic oxidation sites excluding steroid dienone is 6. The fraction of sp³-hybridized carbons (Fsp3) is 0.880. The number of esters is 3. The first kappa shape index (κ1) is 78.6. The molecule has 1 unspecified atom stereocenters. The van der Waals surface area contributed by atoms with Gasteiger partial charge in [0.05, 0.1) is 0 Å². The van der Waals surface area contributed by atoms with Crippen molar-refractivity contribution in [3.8, 4) is 0 Å². The van der Waals surface area contributed by atoms with Crippen LogP contribution in [-0.4, -0.2) is 37.2 Å². The minimum atomic E-state index is -0.767. The largest absolute Gasteiger partial charge is 0.462 e. The van der Waals surface area contributed by atoms with Crippen molar-refractivity contribution in [3.63, 3.8) is 0 Å². The molecule has 6 heteroatoms. The van der Waals surface area contributed by atoms with Crippen LogP contribution in [0.1, 0.15) is 406 Å². The molecule has 0 aliphatic rings. The smallest absolute Gasteiger partial charge is 0.306 e. The number of rotatable bonds is 68. The van der Waals surface area contributed by atoms with Gasteiger partial charge in [-0.05, 0) is 57.8 Å². The molecule has 0 aromatic rings. The molecule has 0 spiro atoms. The molecule has 0 aliphatic heterocycles. The van der Waals surface area contributed by atoms with E-state index in [0.29, 0.717) is 19.3 Å². The number of ether oxygens (including phenoxy) is 3. The maximum Gasteiger partial charge on any atom is 0.306 e. The third-order valence-corrected chi connectivity index (χ3v) is 16.6. The van der Waals surface area contributed by atoms with Crippen LogP contribution in [-0.2, 0) is 28.6 Å². The lowest BCUT2D eigenvalue weighted by atomic mass is 10.0. The number of carbonyl (C=O) groups is 3. The Labute approximate surface area is 506 Å². The van der Waals surface area contributed by atoms with Gasteiger partial charge in [0.1, 0.15) is 13.2 Å². The third-order valence-electron chi connectivity index (χ3n) is 16.6. The zero-order valence-electron chi connectivity index (χ0n) is 54.8. The van der Waals surface area contributed by atoms with E-state index in [1.165, 1.54) is 295 Å². The van der Waals surface area contributed by atoms with Crippen LogP contribution in [0.4, 0.5) is 0 Å². The van der Waals surface area contributed by atoms with Crippen LogP contribution in [0.2, 0.25) is 0 Å². The Hall–Kier alpha value is -2.37. The van der Waals surface area contributed by atoms with Crippen LogP contribution in [0.15, 0.2) is 36.5 Å². The van der Waals surface area contributed by atoms with Gasteiger partial charge >= 0.3 is 17.9 Å². The van der Waals surface area contributed by atoms with Gasteiger partial charge in [-0.25, -0.2) is 0 Å². The molecule has 6 nitrogen and oxygen atoms in total. The molecule has 0 aromatic heterocycles. The summed E-state index contributed by atoms with van der Waals surface area (Å²) in [7, 11) is 0. The first-order chi connectivity index (χ1) is 40.0. The van der Waals surface area contributed by atoms with Gasteiger partial charge in [0.25, 0.3) is 0 Å². The summed E-state index contributed by atoms with van der Waals surface area (Å²) in [6, 6.07) is 0. The summed E-state index contributed by atoms with van der Waals surface area (Å²) < 4.78 is 17.0. The summed E-state index contributed by atoms with van der Waals surface area (Å²) in [5, 5.41) is 0. The first-order valence-electron chi connectivity index (χ1n) is 36.5. The lowest BCUT2D eigenvalue weighted by Crippen LogP contribution is -2.30. The quantitative estimate of drug-likeness (QED) is 0.0261. The molecule has 476 valence electrons. The minimum Gasteiger partial charge on any atom is -0.462 e. The fourth-order valence-corrected chi connectivity index (χ4v) is 11.2. The Kier molecular flexibility index (Phi) is 68.1. The van der Waals surface area contributed by atoms with E-state index < -0.39 is 6.10 Å². The van der Waals surface area contributed by atoms with E-state index in [4.69, 9.17) is 14.2 Å². The highest BCUT2D eigenvalue weighted by Gasteiger charge is 2.19. The maximum atomic E-state index is 12.9. The average molecular weight is 1140 g/mol. The van der Waals surface area contributed by atoms with Crippen LogP contribution >= 0.6 is 0 Å². The van der Waals surface area contributed by atoms with Crippen molar-refractivity contribution in [2.24, 2.45) is 0 Å². The molecule has 81 heavy (non-hydrogen) atoms. The van der Waals surface area contributed by atoms with Gasteiger partial charge in [0.2, 0.25) is 0 Å². The lowest BCUT2D eigenvalue weighted by Gasteiger charge is -2.18. The highest BCUT2D eigenvalue weighted by Crippen LogP contribution is 2.19. The highest BCUT2D eigenvalue weighted by atomic mass is 16.6. The van der Waals surface area contributed by atoms with E-state index in [1.54, 1.807) is 0 Å². The van der Waals surface area contributed by atoms with Gasteiger partial charge in [-0.2, -0.15) is 0 Å². The van der Waals surface area contributed by atoms with E-state index in [2.05, 4.69) is 57.2 Å². The SMILES string of the molecule is CCCCCCC/C=C\C/C=C\C/C=C\CCCCCCCCCCCCCCCCCCC(=O)OCC(COC(=O)CCCCCCCCCCCC)OC(=O)CCCCCCCCCCCCCCCCCCCCCCCC. The monoisotopic (exact) mass is 1140 g/mol. The third kappa shape index (κ3) is 68.3. The summed E-state index contributed by atoms with van der Waals surface area (Å²) in [5.41, 5.74) is 0. The summed E-state index contributed by atoms with van der Waals surface area (Å²) in [4.78, 5) is 38.3. The van der Waals surface area contributed by atoms with E-state index in [0.717, 1.165) is 70.6 Å². The number of unbranched alkanes of at least 4 members (excludes halogenated alkanes) is 51. The molecule has 1 atom stereocenters. The molecule has 0 aromatic carbocycles. The topological polar surface area (TPSA) is 78.9 Å². The maximum absolute atomic E-state index is 12.9. The average Bonchev–Trinajstić information content (AvgIpc) is 3.47. The van der Waals surface area contributed by atoms with E-state index in [9.17, 15) is 14.4 Å². The van der Waals surface area contributed by atoms with Gasteiger partial charge in [0.15, 0.2) is 6.10 Å². The van der Waals surface area contributed by atoms with E-state index in [-0.39, 0.29) is 31.1 Å². The summed E-state index contributed by atoms with van der Waals surface area (Å²) in [6.07, 6.45) is 87.7. The Morgan fingerprint density at radius 2 is 0.444 bits per heavy atom. The number of carbonyl (C=O) groups excluding carboxylic acids is 3. The minimum absolute atomic E-state index is 0.0650. The Balaban J connectivity index is 4.10. The Bertz CT molecular complexity index is 1350. The van der Waals surface area contributed by atoms with Crippen molar-refractivity contribution in [1.29, 1.82) is 0 Å². The van der Waals surface area contributed by atoms with Crippen LogP contribution in [0.25, 0.3) is 0 Å². The molecule has 0 saturated heterocycles. The molecular formula is C75H140O6. The molecular weight excluding hydrogens is 997 g/mol. The lowest BCUT2D eigenvalue weighted by molar-refractivity contribution is -0.167. The predicted octanol–water partition coefficient (Wildman–Crippen LogP) is 25.1. The van der Waals surface area contributed by atoms with Crippen molar-refractivity contribution < 1.29 is 28.6 Å². The van der Waals surface area contributed by atoms with Gasteiger partial charge in [-0.15, -0.1) is 0 Å². The normalized spacial score (nSPS) is 12.2.